The maximum absolute atomic E-state index is 12.1. The van der Waals surface area contributed by atoms with Crippen LogP contribution in [0, 0.1) is 13.8 Å². The van der Waals surface area contributed by atoms with E-state index in [1.807, 2.05) is 31.2 Å². The van der Waals surface area contributed by atoms with Gasteiger partial charge in [-0.1, -0.05) is 31.2 Å². The highest BCUT2D eigenvalue weighted by atomic mass is 79.9. The molecule has 0 aliphatic rings. The molecule has 128 valence electrons. The Bertz CT molecular complexity index is 728. The topological polar surface area (TPSA) is 38.3 Å². The summed E-state index contributed by atoms with van der Waals surface area (Å²) in [6.07, 6.45) is 0.965. The van der Waals surface area contributed by atoms with E-state index in [2.05, 4.69) is 54.2 Å². The van der Waals surface area contributed by atoms with Crippen molar-refractivity contribution >= 4 is 21.8 Å². The number of aryl methyl sites for hydroxylation is 3. The fraction of sp³-hybridized carbons (Fsp3) is 0.350. The molecule has 1 atom stereocenters. The minimum Gasteiger partial charge on any atom is -0.483 e. The molecule has 24 heavy (non-hydrogen) atoms. The summed E-state index contributed by atoms with van der Waals surface area (Å²) < 4.78 is 6.49. The number of amides is 1. The Labute approximate surface area is 152 Å². The van der Waals surface area contributed by atoms with E-state index in [9.17, 15) is 4.79 Å². The van der Waals surface area contributed by atoms with Crippen LogP contribution in [0.4, 0.5) is 0 Å². The van der Waals surface area contributed by atoms with Gasteiger partial charge in [-0.15, -0.1) is 0 Å². The van der Waals surface area contributed by atoms with E-state index >= 15 is 0 Å². The maximum Gasteiger partial charge on any atom is 0.258 e. The van der Waals surface area contributed by atoms with Gasteiger partial charge in [0, 0.05) is 0 Å². The van der Waals surface area contributed by atoms with Gasteiger partial charge < -0.3 is 10.1 Å². The largest absolute Gasteiger partial charge is 0.483 e. The van der Waals surface area contributed by atoms with Crippen molar-refractivity contribution in [3.8, 4) is 5.75 Å². The van der Waals surface area contributed by atoms with E-state index in [0.29, 0.717) is 5.75 Å². The highest BCUT2D eigenvalue weighted by Crippen LogP contribution is 2.26. The minimum absolute atomic E-state index is 0.000739. The number of hydrogen-bond acceptors (Lipinski definition) is 2. The fourth-order valence-corrected chi connectivity index (χ4v) is 2.97. The third-order valence-corrected chi connectivity index (χ3v) is 4.79. The van der Waals surface area contributed by atoms with Crippen LogP contribution in [0.25, 0.3) is 0 Å². The number of ether oxygens (including phenoxy) is 1. The van der Waals surface area contributed by atoms with E-state index in [4.69, 9.17) is 4.74 Å². The van der Waals surface area contributed by atoms with Crippen LogP contribution in [0.1, 0.15) is 42.1 Å². The molecule has 4 heteroatoms. The molecule has 2 aromatic carbocycles. The summed E-state index contributed by atoms with van der Waals surface area (Å²) in [7, 11) is 0. The van der Waals surface area contributed by atoms with Gasteiger partial charge in [0.25, 0.3) is 5.91 Å². The van der Waals surface area contributed by atoms with Crippen LogP contribution in [0.3, 0.4) is 0 Å². The summed E-state index contributed by atoms with van der Waals surface area (Å²) in [6, 6.07) is 12.1. The van der Waals surface area contributed by atoms with E-state index in [-0.39, 0.29) is 18.6 Å². The lowest BCUT2D eigenvalue weighted by molar-refractivity contribution is -0.123. The number of rotatable bonds is 6. The van der Waals surface area contributed by atoms with E-state index in [1.165, 1.54) is 16.7 Å². The predicted octanol–water partition coefficient (Wildman–Crippen LogP) is 4.88. The van der Waals surface area contributed by atoms with Gasteiger partial charge in [0.05, 0.1) is 10.5 Å². The quantitative estimate of drug-likeness (QED) is 0.763. The summed E-state index contributed by atoms with van der Waals surface area (Å²) in [5, 5.41) is 2.98. The molecule has 1 unspecified atom stereocenters. The molecule has 0 saturated carbocycles. The Morgan fingerprint density at radius 1 is 1.17 bits per heavy atom. The van der Waals surface area contributed by atoms with Crippen molar-refractivity contribution in [2.45, 2.75) is 40.2 Å². The zero-order chi connectivity index (χ0) is 17.7. The normalized spacial score (nSPS) is 11.9. The lowest BCUT2D eigenvalue weighted by atomic mass is 10.0. The van der Waals surface area contributed by atoms with Crippen LogP contribution in [-0.4, -0.2) is 12.5 Å². The van der Waals surface area contributed by atoms with Crippen molar-refractivity contribution in [2.24, 2.45) is 0 Å². The number of carbonyl (C=O) groups excluding carboxylic acids is 1. The SMILES string of the molecule is CCc1ccc(OCC(=O)NC(C)c2ccc(C)c(C)c2)c(Br)c1. The second kappa shape index (κ2) is 8.34. The zero-order valence-electron chi connectivity index (χ0n) is 14.7. The molecule has 0 radical (unpaired) electrons. The molecule has 2 aromatic rings. The average molecular weight is 390 g/mol. The number of carbonyl (C=O) groups is 1. The first-order valence-corrected chi connectivity index (χ1v) is 8.97. The number of nitrogens with one attached hydrogen (secondary N) is 1. The van der Waals surface area contributed by atoms with E-state index in [1.54, 1.807) is 0 Å². The van der Waals surface area contributed by atoms with Gasteiger partial charge in [-0.05, 0) is 77.5 Å². The summed E-state index contributed by atoms with van der Waals surface area (Å²) in [4.78, 5) is 12.1. The van der Waals surface area contributed by atoms with Crippen molar-refractivity contribution < 1.29 is 9.53 Å². The Hall–Kier alpha value is -1.81. The Kier molecular flexibility index (Phi) is 6.44. The van der Waals surface area contributed by atoms with Crippen LogP contribution in [0.5, 0.6) is 5.75 Å². The van der Waals surface area contributed by atoms with Gasteiger partial charge in [0.2, 0.25) is 0 Å². The highest BCUT2D eigenvalue weighted by molar-refractivity contribution is 9.10. The third kappa shape index (κ3) is 4.84. The van der Waals surface area contributed by atoms with Crippen LogP contribution < -0.4 is 10.1 Å². The maximum atomic E-state index is 12.1. The summed E-state index contributed by atoms with van der Waals surface area (Å²) in [6.45, 7) is 8.24. The summed E-state index contributed by atoms with van der Waals surface area (Å²) in [5.41, 5.74) is 4.80. The molecule has 0 spiro atoms. The second-order valence-corrected chi connectivity index (χ2v) is 6.89. The van der Waals surface area contributed by atoms with Gasteiger partial charge in [0.15, 0.2) is 6.61 Å². The molecule has 0 aromatic heterocycles. The van der Waals surface area contributed by atoms with Crippen molar-refractivity contribution in [2.75, 3.05) is 6.61 Å². The van der Waals surface area contributed by atoms with E-state index in [0.717, 1.165) is 16.5 Å². The van der Waals surface area contributed by atoms with Crippen molar-refractivity contribution in [3.05, 3.63) is 63.1 Å². The molecule has 3 nitrogen and oxygen atoms in total. The van der Waals surface area contributed by atoms with Crippen molar-refractivity contribution in [3.63, 3.8) is 0 Å². The molecule has 1 N–H and O–H groups in total. The molecular formula is C20H24BrNO2. The smallest absolute Gasteiger partial charge is 0.258 e. The van der Waals surface area contributed by atoms with Gasteiger partial charge >= 0.3 is 0 Å². The Morgan fingerprint density at radius 3 is 2.54 bits per heavy atom. The molecule has 2 rings (SSSR count). The molecule has 0 heterocycles. The number of halogens is 1. The highest BCUT2D eigenvalue weighted by Gasteiger charge is 2.12. The van der Waals surface area contributed by atoms with Gasteiger partial charge in [-0.2, -0.15) is 0 Å². The van der Waals surface area contributed by atoms with Gasteiger partial charge in [-0.3, -0.25) is 4.79 Å². The Balaban J connectivity index is 1.92. The van der Waals surface area contributed by atoms with Crippen LogP contribution in [-0.2, 0) is 11.2 Å². The minimum atomic E-state index is -0.132. The molecule has 0 fully saturated rings. The van der Waals surface area contributed by atoms with E-state index < -0.39 is 0 Å². The van der Waals surface area contributed by atoms with Crippen molar-refractivity contribution in [1.82, 2.24) is 5.32 Å². The lowest BCUT2D eigenvalue weighted by Crippen LogP contribution is -2.31. The number of hydrogen-bond donors (Lipinski definition) is 1. The fourth-order valence-electron chi connectivity index (χ4n) is 2.43. The van der Waals surface area contributed by atoms with Gasteiger partial charge in [-0.25, -0.2) is 0 Å². The summed E-state index contributed by atoms with van der Waals surface area (Å²) >= 11 is 3.48. The summed E-state index contributed by atoms with van der Waals surface area (Å²) in [5.74, 6) is 0.549. The monoisotopic (exact) mass is 389 g/mol. The standard InChI is InChI=1S/C20H24BrNO2/c1-5-16-7-9-19(18(21)11-16)24-12-20(23)22-15(4)17-8-6-13(2)14(3)10-17/h6-11,15H,5,12H2,1-4H3,(H,22,23). The number of benzene rings is 2. The molecule has 0 aliphatic carbocycles. The first-order valence-electron chi connectivity index (χ1n) is 8.18. The molecule has 0 bridgehead atoms. The van der Waals surface area contributed by atoms with Crippen LogP contribution in [0.15, 0.2) is 40.9 Å². The predicted molar refractivity (Wildman–Crippen MR) is 101 cm³/mol. The average Bonchev–Trinajstić information content (AvgIpc) is 2.56. The first kappa shape index (κ1) is 18.5. The molecule has 1 amide bonds. The first-order chi connectivity index (χ1) is 11.4. The van der Waals surface area contributed by atoms with Gasteiger partial charge in [0.1, 0.15) is 5.75 Å². The van der Waals surface area contributed by atoms with Crippen LogP contribution >= 0.6 is 15.9 Å². The Morgan fingerprint density at radius 2 is 1.92 bits per heavy atom. The zero-order valence-corrected chi connectivity index (χ0v) is 16.2. The molecular weight excluding hydrogens is 366 g/mol. The molecule has 0 aliphatic heterocycles. The van der Waals surface area contributed by atoms with Crippen LogP contribution in [0.2, 0.25) is 0 Å². The lowest BCUT2D eigenvalue weighted by Gasteiger charge is -2.16. The molecule has 0 saturated heterocycles. The third-order valence-electron chi connectivity index (χ3n) is 4.17. The second-order valence-electron chi connectivity index (χ2n) is 6.04. The van der Waals surface area contributed by atoms with Crippen molar-refractivity contribution in [1.29, 1.82) is 0 Å².